The zero-order valence-electron chi connectivity index (χ0n) is 17.5. The summed E-state index contributed by atoms with van der Waals surface area (Å²) in [5, 5.41) is 14.0. The number of thiophene rings is 1. The Morgan fingerprint density at radius 1 is 1.16 bits per heavy atom. The van der Waals surface area contributed by atoms with E-state index in [9.17, 15) is 4.79 Å². The number of benzene rings is 1. The second kappa shape index (κ2) is 9.30. The summed E-state index contributed by atoms with van der Waals surface area (Å²) in [6.45, 7) is 2.99. The third kappa shape index (κ3) is 4.10. The van der Waals surface area contributed by atoms with Gasteiger partial charge in [-0.3, -0.25) is 14.7 Å². The lowest BCUT2D eigenvalue weighted by molar-refractivity contribution is -0.0322. The fraction of sp³-hybridized carbons (Fsp3) is 0.292. The second-order valence-electron chi connectivity index (χ2n) is 7.76. The van der Waals surface area contributed by atoms with Gasteiger partial charge in [0.1, 0.15) is 9.71 Å². The fourth-order valence-electron chi connectivity index (χ4n) is 4.26. The van der Waals surface area contributed by atoms with Crippen LogP contribution in [0.1, 0.15) is 26.9 Å². The predicted molar refractivity (Wildman–Crippen MR) is 125 cm³/mol. The molecule has 4 heterocycles. The van der Waals surface area contributed by atoms with Gasteiger partial charge in [-0.2, -0.15) is 0 Å². The van der Waals surface area contributed by atoms with Crippen molar-refractivity contribution in [3.05, 3.63) is 70.9 Å². The van der Waals surface area contributed by atoms with Gasteiger partial charge in [0.25, 0.3) is 5.91 Å². The number of aromatic nitrogens is 2. The van der Waals surface area contributed by atoms with Crippen LogP contribution in [-0.4, -0.2) is 58.7 Å². The van der Waals surface area contributed by atoms with Crippen molar-refractivity contribution in [3.63, 3.8) is 0 Å². The molecule has 0 saturated carbocycles. The Morgan fingerprint density at radius 3 is 2.88 bits per heavy atom. The summed E-state index contributed by atoms with van der Waals surface area (Å²) in [6, 6.07) is 14.2. The number of rotatable bonds is 6. The number of ether oxygens (including phenoxy) is 1. The van der Waals surface area contributed by atoms with E-state index in [-0.39, 0.29) is 25.2 Å². The number of carbonyl (C=O) groups is 1. The zero-order chi connectivity index (χ0) is 21.9. The zero-order valence-corrected chi connectivity index (χ0v) is 18.3. The first-order chi connectivity index (χ1) is 15.7. The summed E-state index contributed by atoms with van der Waals surface area (Å²) < 4.78 is 6.18. The first-order valence-electron chi connectivity index (χ1n) is 10.7. The van der Waals surface area contributed by atoms with Gasteiger partial charge < -0.3 is 15.2 Å². The maximum absolute atomic E-state index is 12.8. The fourth-order valence-corrected chi connectivity index (χ4v) is 5.37. The molecule has 1 fully saturated rings. The Kier molecular flexibility index (Phi) is 6.09. The quantitative estimate of drug-likeness (QED) is 0.471. The number of fused-ring (bicyclic) bond motifs is 2. The van der Waals surface area contributed by atoms with Gasteiger partial charge in [0.05, 0.1) is 24.8 Å². The van der Waals surface area contributed by atoms with Gasteiger partial charge in [-0.05, 0) is 23.8 Å². The number of hydrogen-bond donors (Lipinski definition) is 2. The number of aliphatic hydroxyl groups is 1. The van der Waals surface area contributed by atoms with E-state index in [4.69, 9.17) is 9.84 Å². The van der Waals surface area contributed by atoms with Gasteiger partial charge in [0, 0.05) is 54.9 Å². The minimum Gasteiger partial charge on any atom is -0.395 e. The molecule has 1 aliphatic heterocycles. The van der Waals surface area contributed by atoms with Crippen LogP contribution in [0.25, 0.3) is 21.1 Å². The van der Waals surface area contributed by atoms with Gasteiger partial charge in [0.2, 0.25) is 0 Å². The van der Waals surface area contributed by atoms with Crippen LogP contribution in [-0.2, 0) is 11.3 Å². The van der Waals surface area contributed by atoms with Crippen LogP contribution in [0.2, 0.25) is 0 Å². The smallest absolute Gasteiger partial charge is 0.261 e. The Hall–Kier alpha value is -2.91. The average molecular weight is 449 g/mol. The highest BCUT2D eigenvalue weighted by atomic mass is 32.1. The summed E-state index contributed by atoms with van der Waals surface area (Å²) in [7, 11) is 0. The lowest BCUT2D eigenvalue weighted by Crippen LogP contribution is -2.38. The van der Waals surface area contributed by atoms with Crippen molar-refractivity contribution in [2.24, 2.45) is 0 Å². The summed E-state index contributed by atoms with van der Waals surface area (Å²) >= 11 is 1.37. The van der Waals surface area contributed by atoms with Crippen LogP contribution >= 0.6 is 11.3 Å². The average Bonchev–Trinajstić information content (AvgIpc) is 3.23. The van der Waals surface area contributed by atoms with Gasteiger partial charge in [-0.1, -0.05) is 24.3 Å². The molecule has 0 aliphatic carbocycles. The van der Waals surface area contributed by atoms with Crippen LogP contribution in [0.5, 0.6) is 0 Å². The van der Waals surface area contributed by atoms with Crippen molar-refractivity contribution in [1.29, 1.82) is 0 Å². The molecule has 164 valence electrons. The SMILES string of the molecule is O=C(NCCO)c1sc2ncccc2c1[C@@H]1CN(Cc2cccc3ncccc23)CCO1. The molecule has 4 aromatic rings. The molecular formula is C24H24N4O3S. The first kappa shape index (κ1) is 21.0. The maximum Gasteiger partial charge on any atom is 0.261 e. The highest BCUT2D eigenvalue weighted by molar-refractivity contribution is 7.20. The van der Waals surface area contributed by atoms with Crippen LogP contribution < -0.4 is 5.32 Å². The lowest BCUT2D eigenvalue weighted by Gasteiger charge is -2.33. The summed E-state index contributed by atoms with van der Waals surface area (Å²) in [4.78, 5) is 25.6. The van der Waals surface area contributed by atoms with Crippen LogP contribution in [0.4, 0.5) is 0 Å². The molecule has 0 unspecified atom stereocenters. The van der Waals surface area contributed by atoms with Crippen molar-refractivity contribution in [2.45, 2.75) is 12.6 Å². The van der Waals surface area contributed by atoms with E-state index in [0.717, 1.165) is 39.8 Å². The van der Waals surface area contributed by atoms with Gasteiger partial charge in [-0.15, -0.1) is 11.3 Å². The van der Waals surface area contributed by atoms with E-state index in [0.29, 0.717) is 18.0 Å². The largest absolute Gasteiger partial charge is 0.395 e. The Labute approximate surface area is 189 Å². The lowest BCUT2D eigenvalue weighted by atomic mass is 10.0. The number of morpholine rings is 1. The third-order valence-electron chi connectivity index (χ3n) is 5.71. The molecule has 32 heavy (non-hydrogen) atoms. The maximum atomic E-state index is 12.8. The van der Waals surface area contributed by atoms with E-state index in [1.54, 1.807) is 6.20 Å². The molecule has 3 aromatic heterocycles. The van der Waals surface area contributed by atoms with E-state index >= 15 is 0 Å². The molecule has 2 N–H and O–H groups in total. The van der Waals surface area contributed by atoms with Crippen molar-refractivity contribution in [2.75, 3.05) is 32.8 Å². The molecule has 7 nitrogen and oxygen atoms in total. The Balaban J connectivity index is 1.44. The van der Waals surface area contributed by atoms with Crippen molar-refractivity contribution in [3.8, 4) is 0 Å². The number of amides is 1. The second-order valence-corrected chi connectivity index (χ2v) is 8.76. The number of nitrogens with zero attached hydrogens (tertiary/aromatic N) is 3. The molecule has 1 amide bonds. The minimum atomic E-state index is -0.232. The Bertz CT molecular complexity index is 1250. The number of nitrogens with one attached hydrogen (secondary N) is 1. The molecule has 8 heteroatoms. The number of aliphatic hydroxyl groups excluding tert-OH is 1. The molecule has 0 spiro atoms. The molecule has 1 aliphatic rings. The number of carbonyl (C=O) groups excluding carboxylic acids is 1. The molecule has 1 aromatic carbocycles. The highest BCUT2D eigenvalue weighted by Crippen LogP contribution is 2.37. The standard InChI is InChI=1S/C24H24N4O3S/c29-12-10-26-23(30)22-21(18-6-3-9-27-24(18)32-22)20-15-28(11-13-31-20)14-16-4-1-7-19-17(16)5-2-8-25-19/h1-9,20,29H,10-15H2,(H,26,30)/t20-/m0/s1. The first-order valence-corrected chi connectivity index (χ1v) is 11.5. The minimum absolute atomic E-state index is 0.0994. The van der Waals surface area contributed by atoms with Crippen LogP contribution in [0.3, 0.4) is 0 Å². The summed E-state index contributed by atoms with van der Waals surface area (Å²) in [5.41, 5.74) is 3.11. The van der Waals surface area contributed by atoms with Crippen LogP contribution in [0, 0.1) is 0 Å². The molecular weight excluding hydrogens is 424 g/mol. The van der Waals surface area contributed by atoms with Crippen molar-refractivity contribution in [1.82, 2.24) is 20.2 Å². The number of hydrogen-bond acceptors (Lipinski definition) is 7. The molecule has 1 saturated heterocycles. The van der Waals surface area contributed by atoms with Gasteiger partial charge in [-0.25, -0.2) is 4.98 Å². The van der Waals surface area contributed by atoms with E-state index in [2.05, 4.69) is 32.3 Å². The van der Waals surface area contributed by atoms with Gasteiger partial charge in [0.15, 0.2) is 0 Å². The monoisotopic (exact) mass is 448 g/mol. The highest BCUT2D eigenvalue weighted by Gasteiger charge is 2.30. The van der Waals surface area contributed by atoms with Crippen LogP contribution in [0.15, 0.2) is 54.9 Å². The molecule has 0 bridgehead atoms. The Morgan fingerprint density at radius 2 is 2.00 bits per heavy atom. The summed E-state index contributed by atoms with van der Waals surface area (Å²) in [5.74, 6) is -0.196. The summed E-state index contributed by atoms with van der Waals surface area (Å²) in [6.07, 6.45) is 3.32. The third-order valence-corrected chi connectivity index (χ3v) is 6.84. The van der Waals surface area contributed by atoms with E-state index in [1.165, 1.54) is 16.9 Å². The molecule has 0 radical (unpaired) electrons. The molecule has 5 rings (SSSR count). The topological polar surface area (TPSA) is 87.6 Å². The number of pyridine rings is 2. The van der Waals surface area contributed by atoms with Gasteiger partial charge >= 0.3 is 0 Å². The normalized spacial score (nSPS) is 17.1. The predicted octanol–water partition coefficient (Wildman–Crippen LogP) is 3.14. The van der Waals surface area contributed by atoms with Crippen molar-refractivity contribution >= 4 is 38.4 Å². The van der Waals surface area contributed by atoms with E-state index in [1.807, 2.05) is 36.5 Å². The molecule has 1 atom stereocenters. The van der Waals surface area contributed by atoms with Crippen molar-refractivity contribution < 1.29 is 14.6 Å². The van der Waals surface area contributed by atoms with E-state index < -0.39 is 0 Å².